The lowest BCUT2D eigenvalue weighted by molar-refractivity contribution is -0.115. The van der Waals surface area contributed by atoms with Crippen molar-refractivity contribution in [3.8, 4) is 0 Å². The van der Waals surface area contributed by atoms with Gasteiger partial charge in [0.1, 0.15) is 10.8 Å². The molecule has 1 aliphatic rings. The SMILES string of the molecule is CNc1ccc(CC2CC(c3nnc(NC(=O)Cc4ccccn4)s3)C2)nn1. The predicted molar refractivity (Wildman–Crippen MR) is 107 cm³/mol. The number of rotatable bonds is 7. The van der Waals surface area contributed by atoms with Crippen molar-refractivity contribution < 1.29 is 4.79 Å². The average Bonchev–Trinajstić information content (AvgIpc) is 3.13. The number of hydrogen-bond acceptors (Lipinski definition) is 8. The summed E-state index contributed by atoms with van der Waals surface area (Å²) in [5.41, 5.74) is 1.75. The highest BCUT2D eigenvalue weighted by molar-refractivity contribution is 7.15. The highest BCUT2D eigenvalue weighted by Crippen LogP contribution is 2.44. The maximum absolute atomic E-state index is 12.1. The summed E-state index contributed by atoms with van der Waals surface area (Å²) in [5, 5.41) is 24.1. The van der Waals surface area contributed by atoms with Gasteiger partial charge >= 0.3 is 0 Å². The van der Waals surface area contributed by atoms with Crippen LogP contribution in [0, 0.1) is 5.92 Å². The molecule has 0 aromatic carbocycles. The third-order valence-corrected chi connectivity index (χ3v) is 5.81. The van der Waals surface area contributed by atoms with E-state index in [4.69, 9.17) is 0 Å². The molecule has 1 amide bonds. The van der Waals surface area contributed by atoms with Crippen LogP contribution in [0.25, 0.3) is 0 Å². The molecule has 0 unspecified atom stereocenters. The summed E-state index contributed by atoms with van der Waals surface area (Å²) in [6, 6.07) is 9.49. The van der Waals surface area contributed by atoms with Crippen molar-refractivity contribution in [3.63, 3.8) is 0 Å². The molecular formula is C19H21N7OS. The summed E-state index contributed by atoms with van der Waals surface area (Å²) >= 11 is 1.46. The first-order valence-electron chi connectivity index (χ1n) is 9.23. The van der Waals surface area contributed by atoms with Gasteiger partial charge in [-0.25, -0.2) is 0 Å². The number of hydrogen-bond donors (Lipinski definition) is 2. The van der Waals surface area contributed by atoms with E-state index in [2.05, 4.69) is 36.0 Å². The lowest BCUT2D eigenvalue weighted by Gasteiger charge is -2.33. The molecule has 8 nitrogen and oxygen atoms in total. The number of anilines is 2. The Morgan fingerprint density at radius 1 is 1.11 bits per heavy atom. The molecule has 0 bridgehead atoms. The predicted octanol–water partition coefficient (Wildman–Crippen LogP) is 2.68. The largest absolute Gasteiger partial charge is 0.372 e. The Morgan fingerprint density at radius 3 is 2.71 bits per heavy atom. The molecule has 3 aromatic heterocycles. The van der Waals surface area contributed by atoms with Gasteiger partial charge in [0.15, 0.2) is 0 Å². The smallest absolute Gasteiger partial charge is 0.232 e. The first-order valence-corrected chi connectivity index (χ1v) is 10.0. The van der Waals surface area contributed by atoms with Gasteiger partial charge in [0.2, 0.25) is 11.0 Å². The second kappa shape index (κ2) is 8.39. The molecule has 3 aromatic rings. The number of nitrogens with one attached hydrogen (secondary N) is 2. The molecule has 0 atom stereocenters. The van der Waals surface area contributed by atoms with Gasteiger partial charge < -0.3 is 10.6 Å². The topological polar surface area (TPSA) is 106 Å². The molecule has 0 saturated heterocycles. The second-order valence-corrected chi connectivity index (χ2v) is 7.90. The van der Waals surface area contributed by atoms with E-state index in [-0.39, 0.29) is 12.3 Å². The minimum atomic E-state index is -0.128. The Bertz CT molecular complexity index is 923. The number of pyridine rings is 1. The summed E-state index contributed by atoms with van der Waals surface area (Å²) < 4.78 is 0. The fourth-order valence-electron chi connectivity index (χ4n) is 3.28. The molecule has 4 rings (SSSR count). The fourth-order valence-corrected chi connectivity index (χ4v) is 4.17. The average molecular weight is 395 g/mol. The lowest BCUT2D eigenvalue weighted by Crippen LogP contribution is -2.24. The summed E-state index contributed by atoms with van der Waals surface area (Å²) in [4.78, 5) is 16.3. The van der Waals surface area contributed by atoms with E-state index < -0.39 is 0 Å². The maximum atomic E-state index is 12.1. The van der Waals surface area contributed by atoms with Crippen LogP contribution in [0.2, 0.25) is 0 Å². The van der Waals surface area contributed by atoms with Gasteiger partial charge in [-0.3, -0.25) is 9.78 Å². The van der Waals surface area contributed by atoms with Crippen molar-refractivity contribution >= 4 is 28.2 Å². The number of carbonyl (C=O) groups is 1. The van der Waals surface area contributed by atoms with E-state index in [0.717, 1.165) is 41.5 Å². The highest BCUT2D eigenvalue weighted by Gasteiger charge is 2.33. The van der Waals surface area contributed by atoms with Crippen LogP contribution in [0.3, 0.4) is 0 Å². The summed E-state index contributed by atoms with van der Waals surface area (Å²) in [5.74, 6) is 1.65. The van der Waals surface area contributed by atoms with Crippen LogP contribution >= 0.6 is 11.3 Å². The van der Waals surface area contributed by atoms with Crippen LogP contribution in [0.4, 0.5) is 10.9 Å². The fraction of sp³-hybridized carbons (Fsp3) is 0.368. The van der Waals surface area contributed by atoms with E-state index in [9.17, 15) is 4.79 Å². The number of aromatic nitrogens is 5. The number of amides is 1. The van der Waals surface area contributed by atoms with E-state index in [1.54, 1.807) is 6.20 Å². The highest BCUT2D eigenvalue weighted by atomic mass is 32.1. The van der Waals surface area contributed by atoms with Gasteiger partial charge in [-0.15, -0.1) is 15.3 Å². The molecule has 0 spiro atoms. The van der Waals surface area contributed by atoms with Gasteiger partial charge in [-0.05, 0) is 49.4 Å². The second-order valence-electron chi connectivity index (χ2n) is 6.89. The third kappa shape index (κ3) is 4.48. The van der Waals surface area contributed by atoms with Crippen molar-refractivity contribution in [3.05, 3.63) is 52.9 Å². The number of carbonyl (C=O) groups excluding carboxylic acids is 1. The minimum Gasteiger partial charge on any atom is -0.372 e. The third-order valence-electron chi connectivity index (χ3n) is 4.81. The minimum absolute atomic E-state index is 0.128. The molecule has 9 heteroatoms. The van der Waals surface area contributed by atoms with Crippen LogP contribution in [0.5, 0.6) is 0 Å². The first-order chi connectivity index (χ1) is 13.7. The van der Waals surface area contributed by atoms with Crippen LogP contribution in [-0.2, 0) is 17.6 Å². The molecule has 1 aliphatic carbocycles. The molecule has 3 heterocycles. The Hall–Kier alpha value is -2.94. The molecule has 144 valence electrons. The van der Waals surface area contributed by atoms with E-state index in [1.807, 2.05) is 37.4 Å². The molecule has 2 N–H and O–H groups in total. The van der Waals surface area contributed by atoms with Crippen LogP contribution in [0.15, 0.2) is 36.5 Å². The summed E-state index contributed by atoms with van der Waals surface area (Å²) in [6.07, 6.45) is 4.96. The quantitative estimate of drug-likeness (QED) is 0.633. The van der Waals surface area contributed by atoms with Crippen molar-refractivity contribution in [2.24, 2.45) is 5.92 Å². The van der Waals surface area contributed by atoms with Gasteiger partial charge in [-0.1, -0.05) is 17.4 Å². The normalized spacial score (nSPS) is 18.3. The van der Waals surface area contributed by atoms with Gasteiger partial charge in [-0.2, -0.15) is 5.10 Å². The van der Waals surface area contributed by atoms with Crippen molar-refractivity contribution in [2.45, 2.75) is 31.6 Å². The van der Waals surface area contributed by atoms with Crippen molar-refractivity contribution in [1.29, 1.82) is 0 Å². The zero-order chi connectivity index (χ0) is 19.3. The number of nitrogens with zero attached hydrogens (tertiary/aromatic N) is 5. The Labute approximate surface area is 166 Å². The van der Waals surface area contributed by atoms with Gasteiger partial charge in [0, 0.05) is 24.9 Å². The molecule has 28 heavy (non-hydrogen) atoms. The van der Waals surface area contributed by atoms with Crippen molar-refractivity contribution in [1.82, 2.24) is 25.4 Å². The zero-order valence-electron chi connectivity index (χ0n) is 15.5. The van der Waals surface area contributed by atoms with Crippen molar-refractivity contribution in [2.75, 3.05) is 17.7 Å². The van der Waals surface area contributed by atoms with E-state index in [1.165, 1.54) is 11.3 Å². The molecular weight excluding hydrogens is 374 g/mol. The Kier molecular flexibility index (Phi) is 5.52. The van der Waals surface area contributed by atoms with Crippen LogP contribution in [-0.4, -0.2) is 38.3 Å². The Morgan fingerprint density at radius 2 is 2.00 bits per heavy atom. The lowest BCUT2D eigenvalue weighted by atomic mass is 9.73. The van der Waals surface area contributed by atoms with Crippen LogP contribution < -0.4 is 10.6 Å². The first kappa shape index (κ1) is 18.4. The zero-order valence-corrected chi connectivity index (χ0v) is 16.3. The molecule has 0 radical (unpaired) electrons. The van der Waals surface area contributed by atoms with Gasteiger partial charge in [0.05, 0.1) is 12.1 Å². The Balaban J connectivity index is 1.25. The monoisotopic (exact) mass is 395 g/mol. The molecule has 1 saturated carbocycles. The summed E-state index contributed by atoms with van der Waals surface area (Å²) in [7, 11) is 1.83. The van der Waals surface area contributed by atoms with Gasteiger partial charge in [0.25, 0.3) is 0 Å². The standard InChI is InChI=1S/C19H21N7OS/c1-20-16-6-5-15(23-24-16)10-12-8-13(9-12)18-25-26-19(28-18)22-17(27)11-14-4-2-3-7-21-14/h2-7,12-13H,8-11H2,1H3,(H,20,24)(H,22,26,27). The van der Waals surface area contributed by atoms with E-state index in [0.29, 0.717) is 17.0 Å². The van der Waals surface area contributed by atoms with E-state index >= 15 is 0 Å². The maximum Gasteiger partial charge on any atom is 0.232 e. The summed E-state index contributed by atoms with van der Waals surface area (Å²) in [6.45, 7) is 0. The molecule has 0 aliphatic heterocycles. The van der Waals surface area contributed by atoms with Crippen LogP contribution in [0.1, 0.15) is 35.2 Å². The molecule has 1 fully saturated rings.